The number of benzene rings is 1. The van der Waals surface area contributed by atoms with Gasteiger partial charge in [0, 0.05) is 13.1 Å². The lowest BCUT2D eigenvalue weighted by Gasteiger charge is -2.17. The van der Waals surface area contributed by atoms with Gasteiger partial charge in [0.2, 0.25) is 0 Å². The largest absolute Gasteiger partial charge is 0.478 e. The van der Waals surface area contributed by atoms with Gasteiger partial charge in [0.25, 0.3) is 0 Å². The highest BCUT2D eigenvalue weighted by Gasteiger charge is 2.19. The van der Waals surface area contributed by atoms with Crippen LogP contribution in [0.15, 0.2) is 18.2 Å². The zero-order chi connectivity index (χ0) is 12.4. The molecule has 0 spiro atoms. The molecule has 1 fully saturated rings. The van der Waals surface area contributed by atoms with Crippen LogP contribution in [0, 0.1) is 12.8 Å². The summed E-state index contributed by atoms with van der Waals surface area (Å²) in [6.07, 6.45) is 1.27. The molecule has 17 heavy (non-hydrogen) atoms. The van der Waals surface area contributed by atoms with Gasteiger partial charge in [-0.15, -0.1) is 0 Å². The molecular weight excluding hydrogens is 214 g/mol. The van der Waals surface area contributed by atoms with E-state index in [1.165, 1.54) is 12.0 Å². The van der Waals surface area contributed by atoms with Crippen LogP contribution in [0.4, 0.5) is 0 Å². The summed E-state index contributed by atoms with van der Waals surface area (Å²) in [4.78, 5) is 13.3. The molecule has 1 aromatic carbocycles. The number of hydrogen-bond acceptors (Lipinski definition) is 2. The fourth-order valence-electron chi connectivity index (χ4n) is 2.42. The lowest BCUT2D eigenvalue weighted by atomic mass is 10.0. The molecule has 0 bridgehead atoms. The maximum absolute atomic E-state index is 10.8. The van der Waals surface area contributed by atoms with Crippen LogP contribution in [0.3, 0.4) is 0 Å². The maximum Gasteiger partial charge on any atom is 0.335 e. The second kappa shape index (κ2) is 4.88. The van der Waals surface area contributed by atoms with Gasteiger partial charge in [-0.05, 0) is 49.1 Å². The molecule has 1 heterocycles. The highest BCUT2D eigenvalue weighted by Crippen LogP contribution is 2.20. The van der Waals surface area contributed by atoms with Crippen LogP contribution in [0.1, 0.15) is 34.8 Å². The Morgan fingerprint density at radius 1 is 1.53 bits per heavy atom. The lowest BCUT2D eigenvalue weighted by Crippen LogP contribution is -2.20. The molecule has 1 unspecified atom stereocenters. The Labute approximate surface area is 102 Å². The van der Waals surface area contributed by atoms with Crippen molar-refractivity contribution in [3.63, 3.8) is 0 Å². The van der Waals surface area contributed by atoms with Crippen molar-refractivity contribution in [2.45, 2.75) is 26.8 Å². The summed E-state index contributed by atoms with van der Waals surface area (Å²) in [6.45, 7) is 7.51. The van der Waals surface area contributed by atoms with Crippen molar-refractivity contribution >= 4 is 5.97 Å². The van der Waals surface area contributed by atoms with Crippen molar-refractivity contribution in [2.75, 3.05) is 13.1 Å². The Morgan fingerprint density at radius 3 is 2.82 bits per heavy atom. The standard InChI is InChI=1S/C14H19NO2/c1-10-5-6-15(8-10)9-13-4-3-12(14(16)17)7-11(13)2/h3-4,7,10H,5-6,8-9H2,1-2H3,(H,16,17). The van der Waals surface area contributed by atoms with Gasteiger partial charge in [-0.25, -0.2) is 4.79 Å². The van der Waals surface area contributed by atoms with E-state index in [9.17, 15) is 4.79 Å². The molecule has 1 aliphatic heterocycles. The number of carboxylic acids is 1. The van der Waals surface area contributed by atoms with Crippen molar-refractivity contribution < 1.29 is 9.90 Å². The zero-order valence-electron chi connectivity index (χ0n) is 10.4. The maximum atomic E-state index is 10.8. The molecule has 3 nitrogen and oxygen atoms in total. The second-order valence-corrected chi connectivity index (χ2v) is 5.08. The number of hydrogen-bond donors (Lipinski definition) is 1. The number of rotatable bonds is 3. The summed E-state index contributed by atoms with van der Waals surface area (Å²) >= 11 is 0. The van der Waals surface area contributed by atoms with Crippen molar-refractivity contribution in [3.8, 4) is 0 Å². The minimum atomic E-state index is -0.852. The third kappa shape index (κ3) is 2.86. The minimum absolute atomic E-state index is 0.376. The first kappa shape index (κ1) is 12.1. The van der Waals surface area contributed by atoms with E-state index >= 15 is 0 Å². The predicted octanol–water partition coefficient (Wildman–Crippen LogP) is 2.54. The van der Waals surface area contributed by atoms with Gasteiger partial charge in [-0.3, -0.25) is 4.90 Å². The SMILES string of the molecule is Cc1cc(C(=O)O)ccc1CN1CCC(C)C1. The number of carbonyl (C=O) groups is 1. The smallest absolute Gasteiger partial charge is 0.335 e. The Morgan fingerprint density at radius 2 is 2.29 bits per heavy atom. The number of carboxylic acid groups (broad SMARTS) is 1. The Kier molecular flexibility index (Phi) is 3.48. The van der Waals surface area contributed by atoms with Crippen LogP contribution in [0.25, 0.3) is 0 Å². The Bertz CT molecular complexity index is 428. The molecule has 2 rings (SSSR count). The molecule has 0 aromatic heterocycles. The molecule has 0 aliphatic carbocycles. The fourth-order valence-corrected chi connectivity index (χ4v) is 2.42. The topological polar surface area (TPSA) is 40.5 Å². The first-order chi connectivity index (χ1) is 8.06. The number of nitrogens with zero attached hydrogens (tertiary/aromatic N) is 1. The van der Waals surface area contributed by atoms with E-state index in [4.69, 9.17) is 5.11 Å². The van der Waals surface area contributed by atoms with Gasteiger partial charge in [-0.2, -0.15) is 0 Å². The summed E-state index contributed by atoms with van der Waals surface area (Å²) in [6, 6.07) is 5.41. The molecule has 92 valence electrons. The Hall–Kier alpha value is -1.35. The highest BCUT2D eigenvalue weighted by atomic mass is 16.4. The molecule has 1 aliphatic rings. The Balaban J connectivity index is 2.09. The molecular formula is C14H19NO2. The zero-order valence-corrected chi connectivity index (χ0v) is 10.4. The van der Waals surface area contributed by atoms with Gasteiger partial charge in [-0.1, -0.05) is 13.0 Å². The second-order valence-electron chi connectivity index (χ2n) is 5.08. The van der Waals surface area contributed by atoms with E-state index in [0.29, 0.717) is 5.56 Å². The molecule has 0 radical (unpaired) electrons. The summed E-state index contributed by atoms with van der Waals surface area (Å²) in [5.41, 5.74) is 2.69. The average molecular weight is 233 g/mol. The van der Waals surface area contributed by atoms with Crippen LogP contribution >= 0.6 is 0 Å². The van der Waals surface area contributed by atoms with E-state index < -0.39 is 5.97 Å². The van der Waals surface area contributed by atoms with Crippen LogP contribution in [0.5, 0.6) is 0 Å². The fraction of sp³-hybridized carbons (Fsp3) is 0.500. The van der Waals surface area contributed by atoms with Crippen molar-refractivity contribution in [1.82, 2.24) is 4.90 Å². The predicted molar refractivity (Wildman–Crippen MR) is 67.2 cm³/mol. The van der Waals surface area contributed by atoms with Crippen molar-refractivity contribution in [1.29, 1.82) is 0 Å². The summed E-state index contributed by atoms with van der Waals surface area (Å²) in [7, 11) is 0. The molecule has 1 saturated heterocycles. The first-order valence-electron chi connectivity index (χ1n) is 6.11. The first-order valence-corrected chi connectivity index (χ1v) is 6.11. The quantitative estimate of drug-likeness (QED) is 0.872. The van der Waals surface area contributed by atoms with E-state index in [1.54, 1.807) is 12.1 Å². The molecule has 0 saturated carbocycles. The molecule has 1 aromatic rings. The summed E-state index contributed by atoms with van der Waals surface area (Å²) in [5, 5.41) is 8.91. The van der Waals surface area contributed by atoms with Crippen molar-refractivity contribution in [2.24, 2.45) is 5.92 Å². The molecule has 3 heteroatoms. The lowest BCUT2D eigenvalue weighted by molar-refractivity contribution is 0.0696. The summed E-state index contributed by atoms with van der Waals surface area (Å²) < 4.78 is 0. The number of likely N-dealkylation sites (tertiary alicyclic amines) is 1. The van der Waals surface area contributed by atoms with Gasteiger partial charge < -0.3 is 5.11 Å². The summed E-state index contributed by atoms with van der Waals surface area (Å²) in [5.74, 6) is -0.0666. The van der Waals surface area contributed by atoms with E-state index in [0.717, 1.165) is 31.1 Å². The number of aryl methyl sites for hydroxylation is 1. The highest BCUT2D eigenvalue weighted by molar-refractivity contribution is 5.87. The van der Waals surface area contributed by atoms with E-state index in [1.807, 2.05) is 13.0 Å². The van der Waals surface area contributed by atoms with Crippen LogP contribution < -0.4 is 0 Å². The van der Waals surface area contributed by atoms with E-state index in [-0.39, 0.29) is 0 Å². The van der Waals surface area contributed by atoms with Gasteiger partial charge in [0.15, 0.2) is 0 Å². The van der Waals surface area contributed by atoms with Gasteiger partial charge in [0.1, 0.15) is 0 Å². The minimum Gasteiger partial charge on any atom is -0.478 e. The molecule has 0 amide bonds. The normalized spacial score (nSPS) is 20.7. The monoisotopic (exact) mass is 233 g/mol. The third-order valence-electron chi connectivity index (χ3n) is 3.49. The molecule has 1 N–H and O–H groups in total. The van der Waals surface area contributed by atoms with Crippen LogP contribution in [-0.4, -0.2) is 29.1 Å². The molecule has 1 atom stereocenters. The third-order valence-corrected chi connectivity index (χ3v) is 3.49. The van der Waals surface area contributed by atoms with Crippen LogP contribution in [-0.2, 0) is 6.54 Å². The van der Waals surface area contributed by atoms with Gasteiger partial charge in [0.05, 0.1) is 5.56 Å². The number of aromatic carboxylic acids is 1. The van der Waals surface area contributed by atoms with E-state index in [2.05, 4.69) is 11.8 Å². The van der Waals surface area contributed by atoms with Crippen molar-refractivity contribution in [3.05, 3.63) is 34.9 Å². The van der Waals surface area contributed by atoms with Crippen LogP contribution in [0.2, 0.25) is 0 Å². The van der Waals surface area contributed by atoms with Gasteiger partial charge >= 0.3 is 5.97 Å². The average Bonchev–Trinajstić information content (AvgIpc) is 2.67.